The Balaban J connectivity index is 1.53. The van der Waals surface area contributed by atoms with Crippen molar-refractivity contribution in [1.82, 2.24) is 14.9 Å². The Bertz CT molecular complexity index is 862. The van der Waals surface area contributed by atoms with E-state index in [1.165, 1.54) is 16.9 Å². The summed E-state index contributed by atoms with van der Waals surface area (Å²) in [7, 11) is -3.47. The Morgan fingerprint density at radius 3 is 2.72 bits per heavy atom. The molecule has 1 saturated heterocycles. The quantitative estimate of drug-likeness (QED) is 0.500. The van der Waals surface area contributed by atoms with Crippen molar-refractivity contribution in [2.45, 2.75) is 37.8 Å². The van der Waals surface area contributed by atoms with E-state index in [1.54, 1.807) is 17.5 Å². The SMILES string of the molecule is CC1=C[C@@H](CNS(=O)(=O)c2cccs2)[C@H](C(C)C)C[C@H]1CC(=O)NCCN1CCOCC1. The first-order valence-electron chi connectivity index (χ1n) is 11.5. The number of amides is 1. The molecule has 180 valence electrons. The second kappa shape index (κ2) is 11.7. The topological polar surface area (TPSA) is 87.7 Å². The molecule has 1 aromatic rings. The molecule has 3 atom stereocenters. The molecule has 2 aliphatic rings. The monoisotopic (exact) mass is 483 g/mol. The van der Waals surface area contributed by atoms with Gasteiger partial charge in [0.2, 0.25) is 15.9 Å². The third kappa shape index (κ3) is 7.12. The number of rotatable bonds is 10. The fraction of sp³-hybridized carbons (Fsp3) is 0.696. The van der Waals surface area contributed by atoms with Crippen LogP contribution in [0.3, 0.4) is 0 Å². The second-order valence-corrected chi connectivity index (χ2v) is 12.1. The summed E-state index contributed by atoms with van der Waals surface area (Å²) in [4.78, 5) is 14.9. The van der Waals surface area contributed by atoms with Crippen molar-refractivity contribution >= 4 is 27.3 Å². The largest absolute Gasteiger partial charge is 0.379 e. The zero-order valence-corrected chi connectivity index (χ0v) is 21.0. The Morgan fingerprint density at radius 1 is 1.31 bits per heavy atom. The molecular weight excluding hydrogens is 446 g/mol. The maximum atomic E-state index is 12.6. The summed E-state index contributed by atoms with van der Waals surface area (Å²) in [5, 5.41) is 4.85. The van der Waals surface area contributed by atoms with E-state index in [1.807, 2.05) is 0 Å². The lowest BCUT2D eigenvalue weighted by molar-refractivity contribution is -0.122. The molecule has 2 heterocycles. The first kappa shape index (κ1) is 25.4. The molecule has 0 aromatic carbocycles. The molecule has 1 aliphatic heterocycles. The second-order valence-electron chi connectivity index (χ2n) is 9.21. The van der Waals surface area contributed by atoms with Gasteiger partial charge in [-0.2, -0.15) is 0 Å². The molecule has 0 radical (unpaired) electrons. The predicted molar refractivity (Wildman–Crippen MR) is 128 cm³/mol. The molecule has 1 aromatic heterocycles. The van der Waals surface area contributed by atoms with Gasteiger partial charge in [0, 0.05) is 39.1 Å². The molecule has 9 heteroatoms. The van der Waals surface area contributed by atoms with Crippen LogP contribution in [0, 0.1) is 23.7 Å². The highest BCUT2D eigenvalue weighted by molar-refractivity contribution is 7.91. The summed E-state index contributed by atoms with van der Waals surface area (Å²) in [5.74, 6) is 1.16. The molecule has 1 fully saturated rings. The number of carbonyl (C=O) groups excluding carboxylic acids is 1. The fourth-order valence-corrected chi connectivity index (χ4v) is 6.79. The molecule has 1 aliphatic carbocycles. The molecule has 3 rings (SSSR count). The normalized spacial score (nSPS) is 25.0. The van der Waals surface area contributed by atoms with Crippen LogP contribution in [-0.4, -0.2) is 65.2 Å². The van der Waals surface area contributed by atoms with Crippen molar-refractivity contribution < 1.29 is 17.9 Å². The summed E-state index contributed by atoms with van der Waals surface area (Å²) < 4.78 is 33.6. The number of morpholine rings is 1. The molecule has 7 nitrogen and oxygen atoms in total. The maximum Gasteiger partial charge on any atom is 0.250 e. The standard InChI is InChI=1S/C23H37N3O4S2/c1-17(2)21-14-19(15-22(27)24-6-7-26-8-10-30-11-9-26)18(3)13-20(21)16-25-32(28,29)23-5-4-12-31-23/h4-5,12-13,17,19-21,25H,6-11,14-16H2,1-3H3,(H,24,27)/t19-,20-,21-/m0/s1. The van der Waals surface area contributed by atoms with Crippen molar-refractivity contribution in [3.63, 3.8) is 0 Å². The zero-order chi connectivity index (χ0) is 23.1. The zero-order valence-electron chi connectivity index (χ0n) is 19.4. The molecule has 0 bridgehead atoms. The molecule has 32 heavy (non-hydrogen) atoms. The van der Waals surface area contributed by atoms with Gasteiger partial charge in [-0.3, -0.25) is 9.69 Å². The summed E-state index contributed by atoms with van der Waals surface area (Å²) >= 11 is 1.23. The Kier molecular flexibility index (Phi) is 9.31. The number of sulfonamides is 1. The lowest BCUT2D eigenvalue weighted by Gasteiger charge is -2.37. The number of nitrogens with zero attached hydrogens (tertiary/aromatic N) is 1. The average molecular weight is 484 g/mol. The highest BCUT2D eigenvalue weighted by Gasteiger charge is 2.33. The van der Waals surface area contributed by atoms with Gasteiger partial charge in [-0.05, 0) is 48.5 Å². The van der Waals surface area contributed by atoms with Gasteiger partial charge in [-0.1, -0.05) is 31.6 Å². The minimum Gasteiger partial charge on any atom is -0.379 e. The van der Waals surface area contributed by atoms with Crippen LogP contribution in [-0.2, 0) is 19.6 Å². The maximum absolute atomic E-state index is 12.6. The van der Waals surface area contributed by atoms with Crippen LogP contribution in [0.25, 0.3) is 0 Å². The lowest BCUT2D eigenvalue weighted by Crippen LogP contribution is -2.42. The van der Waals surface area contributed by atoms with Gasteiger partial charge in [0.15, 0.2) is 0 Å². The molecule has 0 spiro atoms. The molecular formula is C23H37N3O4S2. The van der Waals surface area contributed by atoms with Crippen LogP contribution in [0.15, 0.2) is 33.4 Å². The van der Waals surface area contributed by atoms with Crippen molar-refractivity contribution in [3.8, 4) is 0 Å². The number of hydrogen-bond acceptors (Lipinski definition) is 6. The van der Waals surface area contributed by atoms with Gasteiger partial charge >= 0.3 is 0 Å². The van der Waals surface area contributed by atoms with E-state index in [9.17, 15) is 13.2 Å². The summed E-state index contributed by atoms with van der Waals surface area (Å²) in [6.07, 6.45) is 3.58. The number of nitrogens with one attached hydrogen (secondary N) is 2. The van der Waals surface area contributed by atoms with E-state index in [0.717, 1.165) is 39.3 Å². The van der Waals surface area contributed by atoms with Gasteiger partial charge in [-0.25, -0.2) is 13.1 Å². The third-order valence-electron chi connectivity index (χ3n) is 6.64. The van der Waals surface area contributed by atoms with Crippen molar-refractivity contribution in [3.05, 3.63) is 29.2 Å². The fourth-order valence-electron chi connectivity index (χ4n) is 4.68. The molecule has 2 N–H and O–H groups in total. The number of ether oxygens (including phenoxy) is 1. The summed E-state index contributed by atoms with van der Waals surface area (Å²) in [5.41, 5.74) is 1.19. The Hall–Kier alpha value is -1.26. The highest BCUT2D eigenvalue weighted by atomic mass is 32.2. The number of allylic oxidation sites excluding steroid dienone is 1. The van der Waals surface area contributed by atoms with Crippen LogP contribution in [0.4, 0.5) is 0 Å². The van der Waals surface area contributed by atoms with E-state index in [4.69, 9.17) is 4.74 Å². The van der Waals surface area contributed by atoms with E-state index in [2.05, 4.69) is 41.8 Å². The Labute approximate surface area is 196 Å². The van der Waals surface area contributed by atoms with Gasteiger partial charge in [0.05, 0.1) is 13.2 Å². The van der Waals surface area contributed by atoms with E-state index in [0.29, 0.717) is 35.6 Å². The van der Waals surface area contributed by atoms with Crippen molar-refractivity contribution in [2.75, 3.05) is 45.9 Å². The van der Waals surface area contributed by atoms with Crippen molar-refractivity contribution in [2.24, 2.45) is 23.7 Å². The van der Waals surface area contributed by atoms with Crippen LogP contribution < -0.4 is 10.0 Å². The predicted octanol–water partition coefficient (Wildman–Crippen LogP) is 2.72. The minimum absolute atomic E-state index is 0.0929. The molecule has 1 amide bonds. The van der Waals surface area contributed by atoms with Crippen LogP contribution in [0.2, 0.25) is 0 Å². The van der Waals surface area contributed by atoms with Crippen LogP contribution in [0.5, 0.6) is 0 Å². The minimum atomic E-state index is -3.47. The smallest absolute Gasteiger partial charge is 0.250 e. The lowest BCUT2D eigenvalue weighted by atomic mass is 9.70. The van der Waals surface area contributed by atoms with E-state index in [-0.39, 0.29) is 17.7 Å². The van der Waals surface area contributed by atoms with Crippen LogP contribution >= 0.6 is 11.3 Å². The number of carbonyl (C=O) groups is 1. The number of hydrogen-bond donors (Lipinski definition) is 2. The third-order valence-corrected chi connectivity index (χ3v) is 9.46. The summed E-state index contributed by atoms with van der Waals surface area (Å²) in [6, 6.07) is 3.37. The van der Waals surface area contributed by atoms with Crippen LogP contribution in [0.1, 0.15) is 33.6 Å². The molecule has 0 saturated carbocycles. The first-order valence-corrected chi connectivity index (χ1v) is 13.9. The first-order chi connectivity index (χ1) is 15.3. The van der Waals surface area contributed by atoms with Gasteiger partial charge < -0.3 is 10.1 Å². The van der Waals surface area contributed by atoms with E-state index < -0.39 is 10.0 Å². The Morgan fingerprint density at radius 2 is 2.06 bits per heavy atom. The van der Waals surface area contributed by atoms with E-state index >= 15 is 0 Å². The van der Waals surface area contributed by atoms with Gasteiger partial charge in [-0.15, -0.1) is 11.3 Å². The number of thiophene rings is 1. The highest BCUT2D eigenvalue weighted by Crippen LogP contribution is 2.38. The van der Waals surface area contributed by atoms with Gasteiger partial charge in [0.25, 0.3) is 0 Å². The van der Waals surface area contributed by atoms with Gasteiger partial charge in [0.1, 0.15) is 4.21 Å². The molecule has 0 unspecified atom stereocenters. The summed E-state index contributed by atoms with van der Waals surface area (Å²) in [6.45, 7) is 11.7. The van der Waals surface area contributed by atoms with Crippen molar-refractivity contribution in [1.29, 1.82) is 0 Å². The average Bonchev–Trinajstić information content (AvgIpc) is 3.30.